The van der Waals surface area contributed by atoms with Gasteiger partial charge in [-0.25, -0.2) is 0 Å². The maximum absolute atomic E-state index is 4.34. The van der Waals surface area contributed by atoms with Crippen molar-refractivity contribution in [3.63, 3.8) is 0 Å². The minimum Gasteiger partial charge on any atom is -0.316 e. The van der Waals surface area contributed by atoms with Crippen LogP contribution in [0.3, 0.4) is 0 Å². The highest BCUT2D eigenvalue weighted by molar-refractivity contribution is 7.81. The van der Waals surface area contributed by atoms with Crippen molar-refractivity contribution in [3.8, 4) is 0 Å². The van der Waals surface area contributed by atoms with E-state index in [9.17, 15) is 0 Å². The van der Waals surface area contributed by atoms with Crippen molar-refractivity contribution in [2.75, 3.05) is 13.1 Å². The average molecular weight is 147 g/mol. The monoisotopic (exact) mass is 147 g/mol. The molecule has 0 aliphatic rings. The Balaban J connectivity index is 2.88. The van der Waals surface area contributed by atoms with E-state index in [0.717, 1.165) is 19.5 Å². The molecule has 0 spiro atoms. The predicted molar refractivity (Wildman–Crippen MR) is 46.2 cm³/mol. The molecular formula is C7H17NS. The molecule has 2 heteroatoms. The average Bonchev–Trinajstić information content (AvgIpc) is 1.89. The summed E-state index contributed by atoms with van der Waals surface area (Å²) < 4.78 is 0. The van der Waals surface area contributed by atoms with Gasteiger partial charge in [0.05, 0.1) is 0 Å². The van der Waals surface area contributed by atoms with Gasteiger partial charge in [0.2, 0.25) is 0 Å². The number of rotatable bonds is 5. The molecule has 0 heterocycles. The molecule has 0 aromatic rings. The molecule has 0 radical (unpaired) electrons. The maximum Gasteiger partial charge on any atom is 0.0139 e. The summed E-state index contributed by atoms with van der Waals surface area (Å²) >= 11 is 4.34. The zero-order valence-electron chi connectivity index (χ0n) is 6.35. The molecule has 0 aromatic heterocycles. The lowest BCUT2D eigenvalue weighted by Gasteiger charge is -2.07. The van der Waals surface area contributed by atoms with E-state index >= 15 is 0 Å². The minimum atomic E-state index is 0.538. The third-order valence-corrected chi connectivity index (χ3v) is 1.83. The van der Waals surface area contributed by atoms with Gasteiger partial charge in [0, 0.05) is 11.8 Å². The first-order chi connectivity index (χ1) is 4.31. The Hall–Kier alpha value is 0.310. The summed E-state index contributed by atoms with van der Waals surface area (Å²) in [5.41, 5.74) is 0. The fraction of sp³-hybridized carbons (Fsp3) is 1.00. The van der Waals surface area contributed by atoms with Crippen LogP contribution in [0.2, 0.25) is 0 Å². The molecule has 9 heavy (non-hydrogen) atoms. The second-order valence-corrected chi connectivity index (χ2v) is 3.00. The van der Waals surface area contributed by atoms with Crippen molar-refractivity contribution >= 4 is 12.6 Å². The summed E-state index contributed by atoms with van der Waals surface area (Å²) in [6.07, 6.45) is 2.37. The van der Waals surface area contributed by atoms with Gasteiger partial charge < -0.3 is 5.32 Å². The smallest absolute Gasteiger partial charge is 0.0139 e. The quantitative estimate of drug-likeness (QED) is 0.445. The predicted octanol–water partition coefficient (Wildman–Crippen LogP) is 1.69. The largest absolute Gasteiger partial charge is 0.316 e. The Kier molecular flexibility index (Phi) is 6.65. The number of thiol groups is 1. The van der Waals surface area contributed by atoms with E-state index in [1.165, 1.54) is 6.42 Å². The Morgan fingerprint density at radius 1 is 1.44 bits per heavy atom. The van der Waals surface area contributed by atoms with Gasteiger partial charge in [-0.2, -0.15) is 12.6 Å². The molecule has 0 saturated heterocycles. The highest BCUT2D eigenvalue weighted by Crippen LogP contribution is 1.96. The van der Waals surface area contributed by atoms with Gasteiger partial charge in [0.15, 0.2) is 0 Å². The van der Waals surface area contributed by atoms with Crippen LogP contribution in [0.5, 0.6) is 0 Å². The van der Waals surface area contributed by atoms with Crippen LogP contribution >= 0.6 is 12.6 Å². The number of nitrogens with one attached hydrogen (secondary N) is 1. The number of hydrogen-bond donors (Lipinski definition) is 2. The third-order valence-electron chi connectivity index (χ3n) is 1.28. The molecule has 1 N–H and O–H groups in total. The van der Waals surface area contributed by atoms with Crippen LogP contribution in [0.25, 0.3) is 0 Å². The summed E-state index contributed by atoms with van der Waals surface area (Å²) in [6.45, 7) is 6.50. The zero-order valence-corrected chi connectivity index (χ0v) is 7.25. The summed E-state index contributed by atoms with van der Waals surface area (Å²) in [7, 11) is 0. The summed E-state index contributed by atoms with van der Waals surface area (Å²) in [4.78, 5) is 0. The highest BCUT2D eigenvalue weighted by atomic mass is 32.1. The first-order valence-electron chi connectivity index (χ1n) is 3.70. The van der Waals surface area contributed by atoms with Crippen LogP contribution in [-0.4, -0.2) is 18.3 Å². The molecule has 0 aliphatic heterocycles. The first kappa shape index (κ1) is 9.31. The molecule has 1 nitrogen and oxygen atoms in total. The van der Waals surface area contributed by atoms with Crippen molar-refractivity contribution in [2.24, 2.45) is 0 Å². The van der Waals surface area contributed by atoms with E-state index in [-0.39, 0.29) is 0 Å². The van der Waals surface area contributed by atoms with Crippen molar-refractivity contribution < 1.29 is 0 Å². The maximum atomic E-state index is 4.34. The standard InChI is InChI=1S/C7H17NS/c1-3-5-8-6-7(9)4-2/h7-9H,3-6H2,1-2H3. The van der Waals surface area contributed by atoms with Crippen molar-refractivity contribution in [3.05, 3.63) is 0 Å². The van der Waals surface area contributed by atoms with Crippen molar-refractivity contribution in [2.45, 2.75) is 31.9 Å². The normalized spacial score (nSPS) is 13.7. The van der Waals surface area contributed by atoms with Gasteiger partial charge in [0.1, 0.15) is 0 Å². The van der Waals surface area contributed by atoms with Crippen LogP contribution in [0.4, 0.5) is 0 Å². The Labute approximate surface area is 63.6 Å². The molecular weight excluding hydrogens is 130 g/mol. The molecule has 0 fully saturated rings. The third kappa shape index (κ3) is 6.19. The molecule has 0 aromatic carbocycles. The van der Waals surface area contributed by atoms with E-state index in [4.69, 9.17) is 0 Å². The SMILES string of the molecule is CCCNCC(S)CC. The molecule has 0 amide bonds. The van der Waals surface area contributed by atoms with Gasteiger partial charge >= 0.3 is 0 Å². The number of hydrogen-bond acceptors (Lipinski definition) is 2. The van der Waals surface area contributed by atoms with Crippen molar-refractivity contribution in [1.29, 1.82) is 0 Å². The van der Waals surface area contributed by atoms with E-state index in [1.54, 1.807) is 0 Å². The van der Waals surface area contributed by atoms with Gasteiger partial charge in [0.25, 0.3) is 0 Å². The minimum absolute atomic E-state index is 0.538. The van der Waals surface area contributed by atoms with Crippen LogP contribution < -0.4 is 5.32 Å². The molecule has 1 atom stereocenters. The van der Waals surface area contributed by atoms with Crippen LogP contribution in [0.15, 0.2) is 0 Å². The van der Waals surface area contributed by atoms with Crippen LogP contribution in [0, 0.1) is 0 Å². The van der Waals surface area contributed by atoms with Crippen molar-refractivity contribution in [1.82, 2.24) is 5.32 Å². The van der Waals surface area contributed by atoms with Crippen LogP contribution in [-0.2, 0) is 0 Å². The zero-order chi connectivity index (χ0) is 7.11. The second kappa shape index (κ2) is 6.43. The Morgan fingerprint density at radius 3 is 2.56 bits per heavy atom. The highest BCUT2D eigenvalue weighted by Gasteiger charge is 1.95. The first-order valence-corrected chi connectivity index (χ1v) is 4.21. The molecule has 0 aliphatic carbocycles. The molecule has 0 saturated carbocycles. The van der Waals surface area contributed by atoms with Gasteiger partial charge in [-0.05, 0) is 19.4 Å². The fourth-order valence-corrected chi connectivity index (χ4v) is 0.719. The second-order valence-electron chi connectivity index (χ2n) is 2.27. The lowest BCUT2D eigenvalue weighted by atomic mass is 10.3. The molecule has 0 rings (SSSR count). The lowest BCUT2D eigenvalue weighted by Crippen LogP contribution is -2.23. The van der Waals surface area contributed by atoms with E-state index in [1.807, 2.05) is 0 Å². The molecule has 56 valence electrons. The van der Waals surface area contributed by atoms with Gasteiger partial charge in [-0.1, -0.05) is 13.8 Å². The van der Waals surface area contributed by atoms with E-state index in [0.29, 0.717) is 5.25 Å². The lowest BCUT2D eigenvalue weighted by molar-refractivity contribution is 0.645. The Morgan fingerprint density at radius 2 is 2.11 bits per heavy atom. The van der Waals surface area contributed by atoms with Gasteiger partial charge in [-0.15, -0.1) is 0 Å². The molecule has 1 unspecified atom stereocenters. The van der Waals surface area contributed by atoms with Gasteiger partial charge in [-0.3, -0.25) is 0 Å². The summed E-state index contributed by atoms with van der Waals surface area (Å²) in [5, 5.41) is 3.85. The fourth-order valence-electron chi connectivity index (χ4n) is 0.590. The van der Waals surface area contributed by atoms with E-state index in [2.05, 4.69) is 31.8 Å². The van der Waals surface area contributed by atoms with Crippen LogP contribution in [0.1, 0.15) is 26.7 Å². The summed E-state index contributed by atoms with van der Waals surface area (Å²) in [5.74, 6) is 0. The topological polar surface area (TPSA) is 12.0 Å². The molecule has 0 bridgehead atoms. The summed E-state index contributed by atoms with van der Waals surface area (Å²) in [6, 6.07) is 0. The van der Waals surface area contributed by atoms with E-state index < -0.39 is 0 Å². The Bertz CT molecular complexity index is 56.9.